The minimum absolute atomic E-state index is 0.284. The highest BCUT2D eigenvalue weighted by atomic mass is 35.5. The fourth-order valence-corrected chi connectivity index (χ4v) is 2.18. The summed E-state index contributed by atoms with van der Waals surface area (Å²) in [7, 11) is 0. The van der Waals surface area contributed by atoms with Crippen LogP contribution in [0.4, 0.5) is 0 Å². The van der Waals surface area contributed by atoms with Crippen LogP contribution in [0.1, 0.15) is 23.0 Å². The largest absolute Gasteiger partial charge is 0.477 e. The van der Waals surface area contributed by atoms with E-state index in [1.807, 2.05) is 0 Å². The number of halogens is 2. The summed E-state index contributed by atoms with van der Waals surface area (Å²) in [6.07, 6.45) is 1.32. The second-order valence-corrected chi connectivity index (χ2v) is 4.81. The Morgan fingerprint density at radius 1 is 1.35 bits per heavy atom. The molecule has 0 spiro atoms. The van der Waals surface area contributed by atoms with Crippen LogP contribution in [-0.4, -0.2) is 20.9 Å². The minimum atomic E-state index is -1.27. The summed E-state index contributed by atoms with van der Waals surface area (Å²) in [6, 6.07) is 4.79. The van der Waals surface area contributed by atoms with Gasteiger partial charge < -0.3 is 5.11 Å². The molecule has 5 nitrogen and oxygen atoms in total. The van der Waals surface area contributed by atoms with E-state index < -0.39 is 11.4 Å². The lowest BCUT2D eigenvalue weighted by Crippen LogP contribution is -2.23. The first-order valence-electron chi connectivity index (χ1n) is 5.75. The van der Waals surface area contributed by atoms with Crippen LogP contribution in [-0.2, 0) is 6.42 Å². The van der Waals surface area contributed by atoms with Crippen LogP contribution in [0.25, 0.3) is 5.69 Å². The lowest BCUT2D eigenvalue weighted by atomic mass is 10.1. The zero-order chi connectivity index (χ0) is 14.9. The van der Waals surface area contributed by atoms with Crippen LogP contribution in [0.15, 0.2) is 29.2 Å². The van der Waals surface area contributed by atoms with Crippen molar-refractivity contribution >= 4 is 29.2 Å². The highest BCUT2D eigenvalue weighted by Gasteiger charge is 2.18. The van der Waals surface area contributed by atoms with E-state index >= 15 is 0 Å². The van der Waals surface area contributed by atoms with Gasteiger partial charge in [-0.2, -0.15) is 5.10 Å². The average Bonchev–Trinajstić information content (AvgIpc) is 2.41. The Kier molecular flexibility index (Phi) is 4.11. The van der Waals surface area contributed by atoms with Gasteiger partial charge in [-0.3, -0.25) is 4.79 Å². The predicted molar refractivity (Wildman–Crippen MR) is 76.2 cm³/mol. The van der Waals surface area contributed by atoms with Crippen LogP contribution in [0, 0.1) is 0 Å². The van der Waals surface area contributed by atoms with E-state index in [0.717, 1.165) is 6.20 Å². The number of hydrogen-bond acceptors (Lipinski definition) is 3. The average molecular weight is 313 g/mol. The standard InChI is InChI=1S/C13H10Cl2N2O3/c1-2-10-12(13(19)20)11(18)6-16-17(10)7-3-4-8(14)9(15)5-7/h3-6H,2H2,1H3,(H,19,20). The Bertz CT molecular complexity index is 741. The predicted octanol–water partition coefficient (Wildman–Crippen LogP) is 2.80. The summed E-state index contributed by atoms with van der Waals surface area (Å²) in [5.74, 6) is -1.27. The molecular weight excluding hydrogens is 303 g/mol. The number of hydrogen-bond donors (Lipinski definition) is 1. The molecule has 1 aromatic heterocycles. The normalized spacial score (nSPS) is 10.6. The van der Waals surface area contributed by atoms with E-state index in [-0.39, 0.29) is 5.56 Å². The fourth-order valence-electron chi connectivity index (χ4n) is 1.89. The van der Waals surface area contributed by atoms with E-state index in [9.17, 15) is 9.59 Å². The Morgan fingerprint density at radius 3 is 2.60 bits per heavy atom. The molecule has 0 aliphatic carbocycles. The molecule has 1 aromatic carbocycles. The first-order chi connectivity index (χ1) is 9.45. The summed E-state index contributed by atoms with van der Waals surface area (Å²) < 4.78 is 1.38. The van der Waals surface area contributed by atoms with E-state index in [2.05, 4.69) is 5.10 Å². The molecule has 0 aliphatic rings. The van der Waals surface area contributed by atoms with E-state index in [0.29, 0.717) is 27.8 Å². The van der Waals surface area contributed by atoms with Crippen LogP contribution in [0.2, 0.25) is 10.0 Å². The van der Waals surface area contributed by atoms with E-state index in [1.54, 1.807) is 25.1 Å². The zero-order valence-corrected chi connectivity index (χ0v) is 11.9. The van der Waals surface area contributed by atoms with Crippen molar-refractivity contribution in [1.29, 1.82) is 0 Å². The highest BCUT2D eigenvalue weighted by Crippen LogP contribution is 2.25. The van der Waals surface area contributed by atoms with Gasteiger partial charge >= 0.3 is 5.97 Å². The summed E-state index contributed by atoms with van der Waals surface area (Å²) in [6.45, 7) is 1.75. The Morgan fingerprint density at radius 2 is 2.05 bits per heavy atom. The Balaban J connectivity index is 2.74. The van der Waals surface area contributed by atoms with Crippen molar-refractivity contribution in [2.75, 3.05) is 0 Å². The van der Waals surface area contributed by atoms with E-state index in [4.69, 9.17) is 28.3 Å². The molecule has 0 bridgehead atoms. The number of carboxylic acids is 1. The summed E-state index contributed by atoms with van der Waals surface area (Å²) in [5, 5.41) is 13.8. The van der Waals surface area contributed by atoms with Crippen LogP contribution in [0.5, 0.6) is 0 Å². The minimum Gasteiger partial charge on any atom is -0.477 e. The number of rotatable bonds is 3. The molecule has 0 saturated heterocycles. The van der Waals surface area contributed by atoms with Gasteiger partial charge in [0.05, 0.1) is 27.6 Å². The molecule has 20 heavy (non-hydrogen) atoms. The Labute approximate surface area is 124 Å². The molecule has 0 atom stereocenters. The third-order valence-electron chi connectivity index (χ3n) is 2.78. The maximum absolute atomic E-state index is 11.6. The molecule has 0 radical (unpaired) electrons. The second kappa shape index (κ2) is 5.64. The van der Waals surface area contributed by atoms with Crippen LogP contribution < -0.4 is 5.43 Å². The number of nitrogens with zero attached hydrogens (tertiary/aromatic N) is 2. The van der Waals surface area contributed by atoms with Gasteiger partial charge in [0.15, 0.2) is 0 Å². The van der Waals surface area contributed by atoms with Crippen molar-refractivity contribution in [3.63, 3.8) is 0 Å². The molecular formula is C13H10Cl2N2O3. The van der Waals surface area contributed by atoms with Crippen molar-refractivity contribution < 1.29 is 9.90 Å². The smallest absolute Gasteiger partial charge is 0.341 e. The lowest BCUT2D eigenvalue weighted by Gasteiger charge is -2.13. The van der Waals surface area contributed by atoms with Crippen LogP contribution >= 0.6 is 23.2 Å². The van der Waals surface area contributed by atoms with Gasteiger partial charge in [0.25, 0.3) is 0 Å². The molecule has 1 N–H and O–H groups in total. The molecule has 0 fully saturated rings. The molecule has 2 rings (SSSR count). The van der Waals surface area contributed by atoms with Gasteiger partial charge in [-0.25, -0.2) is 9.48 Å². The number of aromatic nitrogens is 2. The summed E-state index contributed by atoms with van der Waals surface area (Å²) in [5.41, 5.74) is -0.0543. The molecule has 2 aromatic rings. The monoisotopic (exact) mass is 312 g/mol. The third kappa shape index (κ3) is 2.55. The summed E-state index contributed by atoms with van der Waals surface area (Å²) in [4.78, 5) is 22.9. The first kappa shape index (κ1) is 14.6. The highest BCUT2D eigenvalue weighted by molar-refractivity contribution is 6.42. The number of benzene rings is 1. The number of carbonyl (C=O) groups is 1. The van der Waals surface area contributed by atoms with E-state index in [1.165, 1.54) is 4.68 Å². The fraction of sp³-hybridized carbons (Fsp3) is 0.154. The number of aromatic carboxylic acids is 1. The van der Waals surface area contributed by atoms with Gasteiger partial charge in [0, 0.05) is 0 Å². The first-order valence-corrected chi connectivity index (χ1v) is 6.51. The van der Waals surface area contributed by atoms with Crippen molar-refractivity contribution in [3.8, 4) is 5.69 Å². The molecule has 1 heterocycles. The van der Waals surface area contributed by atoms with Gasteiger partial charge in [-0.15, -0.1) is 0 Å². The molecule has 0 unspecified atom stereocenters. The second-order valence-electron chi connectivity index (χ2n) is 4.00. The molecule has 0 saturated carbocycles. The maximum Gasteiger partial charge on any atom is 0.341 e. The number of carboxylic acid groups (broad SMARTS) is 1. The maximum atomic E-state index is 11.6. The van der Waals surface area contributed by atoms with Gasteiger partial charge in [-0.1, -0.05) is 30.1 Å². The SMILES string of the molecule is CCc1c(C(=O)O)c(=O)cnn1-c1ccc(Cl)c(Cl)c1. The molecule has 7 heteroatoms. The van der Waals surface area contributed by atoms with Crippen molar-refractivity contribution in [2.45, 2.75) is 13.3 Å². The van der Waals surface area contributed by atoms with Crippen molar-refractivity contribution in [3.05, 3.63) is 55.9 Å². The third-order valence-corrected chi connectivity index (χ3v) is 3.52. The quantitative estimate of drug-likeness (QED) is 0.946. The van der Waals surface area contributed by atoms with Gasteiger partial charge in [-0.05, 0) is 24.6 Å². The van der Waals surface area contributed by atoms with Crippen LogP contribution in [0.3, 0.4) is 0 Å². The van der Waals surface area contributed by atoms with Gasteiger partial charge in [0.1, 0.15) is 5.56 Å². The summed E-state index contributed by atoms with van der Waals surface area (Å²) >= 11 is 11.8. The molecule has 104 valence electrons. The molecule has 0 aliphatic heterocycles. The zero-order valence-electron chi connectivity index (χ0n) is 10.4. The van der Waals surface area contributed by atoms with Gasteiger partial charge in [0.2, 0.25) is 5.43 Å². The topological polar surface area (TPSA) is 72.2 Å². The lowest BCUT2D eigenvalue weighted by molar-refractivity contribution is 0.0693. The Hall–Kier alpha value is -1.85. The van der Waals surface area contributed by atoms with Crippen molar-refractivity contribution in [2.24, 2.45) is 0 Å². The molecule has 0 amide bonds. The van der Waals surface area contributed by atoms with Crippen molar-refractivity contribution in [1.82, 2.24) is 9.78 Å².